The van der Waals surface area contributed by atoms with Crippen LogP contribution in [0.5, 0.6) is 0 Å². The standard InChI is InChI=1S/C24H35N7O4S/c1-24(2,3)35-23(32)26-9-5-7-11-33-13-10-25-18-14-19(20-16-27-30-36-20)29-22-17(18)15-28-31(22)21-8-4-6-12-34-21/h14-16,21H,4-13H2,1-3H3,(H,25,29)(H,26,32). The fourth-order valence-corrected chi connectivity index (χ4v) is 4.37. The molecule has 0 bridgehead atoms. The Morgan fingerprint density at radius 1 is 1.22 bits per heavy atom. The number of fused-ring (bicyclic) bond motifs is 1. The average Bonchev–Trinajstić information content (AvgIpc) is 3.53. The molecule has 0 aliphatic carbocycles. The molecule has 36 heavy (non-hydrogen) atoms. The van der Waals surface area contributed by atoms with Crippen LogP contribution in [0.2, 0.25) is 0 Å². The number of hydrogen-bond acceptors (Lipinski definition) is 10. The van der Waals surface area contributed by atoms with Gasteiger partial charge in [-0.3, -0.25) is 0 Å². The molecule has 0 saturated carbocycles. The Bertz CT molecular complexity index is 1110. The fourth-order valence-electron chi connectivity index (χ4n) is 3.89. The lowest BCUT2D eigenvalue weighted by molar-refractivity contribution is -0.0370. The molecule has 1 fully saturated rings. The van der Waals surface area contributed by atoms with E-state index in [2.05, 4.69) is 25.3 Å². The number of pyridine rings is 1. The Morgan fingerprint density at radius 3 is 2.86 bits per heavy atom. The zero-order chi connectivity index (χ0) is 25.4. The van der Waals surface area contributed by atoms with E-state index in [1.54, 1.807) is 6.20 Å². The zero-order valence-corrected chi connectivity index (χ0v) is 22.0. The van der Waals surface area contributed by atoms with Crippen molar-refractivity contribution in [3.63, 3.8) is 0 Å². The number of nitrogens with zero attached hydrogens (tertiary/aromatic N) is 5. The molecule has 2 N–H and O–H groups in total. The average molecular weight is 518 g/mol. The maximum atomic E-state index is 11.7. The van der Waals surface area contributed by atoms with Crippen molar-refractivity contribution in [2.45, 2.75) is 64.7 Å². The van der Waals surface area contributed by atoms with Crippen molar-refractivity contribution in [3.8, 4) is 10.6 Å². The highest BCUT2D eigenvalue weighted by atomic mass is 32.1. The van der Waals surface area contributed by atoms with Gasteiger partial charge in [0, 0.05) is 32.0 Å². The Labute approximate surface area is 215 Å². The highest BCUT2D eigenvalue weighted by Crippen LogP contribution is 2.32. The molecule has 1 unspecified atom stereocenters. The summed E-state index contributed by atoms with van der Waals surface area (Å²) in [6.07, 6.45) is 7.88. The van der Waals surface area contributed by atoms with Gasteiger partial charge < -0.3 is 24.8 Å². The number of nitrogens with one attached hydrogen (secondary N) is 2. The second-order valence-electron chi connectivity index (χ2n) is 9.66. The molecule has 1 aliphatic heterocycles. The lowest BCUT2D eigenvalue weighted by Gasteiger charge is -2.23. The van der Waals surface area contributed by atoms with Gasteiger partial charge in [-0.15, -0.1) is 5.10 Å². The summed E-state index contributed by atoms with van der Waals surface area (Å²) in [6, 6.07) is 2.01. The van der Waals surface area contributed by atoms with E-state index in [1.165, 1.54) is 11.5 Å². The number of ether oxygens (including phenoxy) is 3. The van der Waals surface area contributed by atoms with Crippen molar-refractivity contribution >= 4 is 34.3 Å². The number of unbranched alkanes of at least 4 members (excludes halogenated alkanes) is 1. The molecule has 3 aromatic heterocycles. The first-order chi connectivity index (χ1) is 17.4. The molecule has 4 heterocycles. The van der Waals surface area contributed by atoms with E-state index in [0.717, 1.165) is 66.0 Å². The van der Waals surface area contributed by atoms with Crippen LogP contribution in [0.4, 0.5) is 10.5 Å². The van der Waals surface area contributed by atoms with Crippen molar-refractivity contribution < 1.29 is 19.0 Å². The molecule has 11 nitrogen and oxygen atoms in total. The normalized spacial score (nSPS) is 16.2. The van der Waals surface area contributed by atoms with Gasteiger partial charge >= 0.3 is 6.09 Å². The summed E-state index contributed by atoms with van der Waals surface area (Å²) < 4.78 is 22.8. The monoisotopic (exact) mass is 517 g/mol. The molecule has 196 valence electrons. The molecule has 1 atom stereocenters. The SMILES string of the molecule is CC(C)(C)OC(=O)NCCCCOCCNc1cc(-c2cnns2)nc2c1cnn2C1CCCCO1. The first-order valence-electron chi connectivity index (χ1n) is 12.5. The fraction of sp³-hybridized carbons (Fsp3) is 0.625. The lowest BCUT2D eigenvalue weighted by Crippen LogP contribution is -2.33. The Kier molecular flexibility index (Phi) is 9.05. The maximum Gasteiger partial charge on any atom is 0.407 e. The van der Waals surface area contributed by atoms with Gasteiger partial charge in [0.25, 0.3) is 0 Å². The van der Waals surface area contributed by atoms with Crippen LogP contribution in [0.25, 0.3) is 21.6 Å². The molecule has 12 heteroatoms. The first kappa shape index (κ1) is 26.2. The molecule has 1 amide bonds. The highest BCUT2D eigenvalue weighted by Gasteiger charge is 2.21. The minimum Gasteiger partial charge on any atom is -0.444 e. The second kappa shape index (κ2) is 12.4. The van der Waals surface area contributed by atoms with Gasteiger partial charge in [-0.2, -0.15) is 5.10 Å². The van der Waals surface area contributed by atoms with Crippen LogP contribution in [-0.4, -0.2) is 69.0 Å². The minimum atomic E-state index is -0.485. The number of alkyl carbamates (subject to hydrolysis) is 1. The summed E-state index contributed by atoms with van der Waals surface area (Å²) in [5.41, 5.74) is 2.04. The molecule has 0 radical (unpaired) electrons. The summed E-state index contributed by atoms with van der Waals surface area (Å²) in [4.78, 5) is 17.4. The van der Waals surface area contributed by atoms with Gasteiger partial charge in [0.1, 0.15) is 5.60 Å². The van der Waals surface area contributed by atoms with Gasteiger partial charge in [0.15, 0.2) is 11.9 Å². The third kappa shape index (κ3) is 7.34. The van der Waals surface area contributed by atoms with E-state index < -0.39 is 5.60 Å². The molecule has 1 aliphatic rings. The predicted octanol–water partition coefficient (Wildman–Crippen LogP) is 4.38. The molecule has 0 spiro atoms. The van der Waals surface area contributed by atoms with Crippen molar-refractivity contribution in [1.29, 1.82) is 0 Å². The van der Waals surface area contributed by atoms with Crippen LogP contribution in [0.1, 0.15) is 59.1 Å². The van der Waals surface area contributed by atoms with Gasteiger partial charge in [0.05, 0.1) is 35.0 Å². The van der Waals surface area contributed by atoms with Gasteiger partial charge in [-0.1, -0.05) is 4.49 Å². The van der Waals surface area contributed by atoms with Crippen LogP contribution in [-0.2, 0) is 14.2 Å². The molecule has 1 saturated heterocycles. The van der Waals surface area contributed by atoms with E-state index in [-0.39, 0.29) is 12.3 Å². The van der Waals surface area contributed by atoms with E-state index in [1.807, 2.05) is 37.7 Å². The summed E-state index contributed by atoms with van der Waals surface area (Å²) in [5, 5.41) is 15.8. The smallest absolute Gasteiger partial charge is 0.407 e. The van der Waals surface area contributed by atoms with Gasteiger partial charge in [-0.25, -0.2) is 14.5 Å². The van der Waals surface area contributed by atoms with E-state index in [9.17, 15) is 4.79 Å². The molecule has 4 rings (SSSR count). The number of anilines is 1. The van der Waals surface area contributed by atoms with E-state index >= 15 is 0 Å². The maximum absolute atomic E-state index is 11.7. The number of rotatable bonds is 11. The van der Waals surface area contributed by atoms with Gasteiger partial charge in [-0.05, 0) is 70.5 Å². The second-order valence-corrected chi connectivity index (χ2v) is 10.4. The summed E-state index contributed by atoms with van der Waals surface area (Å²) >= 11 is 1.31. The predicted molar refractivity (Wildman–Crippen MR) is 138 cm³/mol. The number of aromatic nitrogens is 5. The molecular weight excluding hydrogens is 482 g/mol. The van der Waals surface area contributed by atoms with Crippen LogP contribution in [0.3, 0.4) is 0 Å². The van der Waals surface area contributed by atoms with Crippen molar-refractivity contribution in [3.05, 3.63) is 18.5 Å². The summed E-state index contributed by atoms with van der Waals surface area (Å²) in [5.74, 6) is 0. The number of carbonyl (C=O) groups excluding carboxylic acids is 1. The third-order valence-electron chi connectivity index (χ3n) is 5.55. The number of hydrogen-bond donors (Lipinski definition) is 2. The largest absolute Gasteiger partial charge is 0.444 e. The summed E-state index contributed by atoms with van der Waals surface area (Å²) in [7, 11) is 0. The lowest BCUT2D eigenvalue weighted by atomic mass is 10.2. The van der Waals surface area contributed by atoms with E-state index in [0.29, 0.717) is 26.3 Å². The number of amides is 1. The van der Waals surface area contributed by atoms with Gasteiger partial charge in [0.2, 0.25) is 0 Å². The van der Waals surface area contributed by atoms with Crippen LogP contribution in [0, 0.1) is 0 Å². The third-order valence-corrected chi connectivity index (χ3v) is 6.24. The molecule has 0 aromatic carbocycles. The Balaban J connectivity index is 1.28. The zero-order valence-electron chi connectivity index (χ0n) is 21.2. The quantitative estimate of drug-likeness (QED) is 0.356. The minimum absolute atomic E-state index is 0.0976. The molecule has 3 aromatic rings. The Morgan fingerprint density at radius 2 is 2.11 bits per heavy atom. The van der Waals surface area contributed by atoms with Crippen LogP contribution < -0.4 is 10.6 Å². The first-order valence-corrected chi connectivity index (χ1v) is 13.2. The summed E-state index contributed by atoms with van der Waals surface area (Å²) in [6.45, 7) is 8.67. The van der Waals surface area contributed by atoms with E-state index in [4.69, 9.17) is 19.2 Å². The van der Waals surface area contributed by atoms with Crippen LogP contribution >= 0.6 is 11.5 Å². The molecular formula is C24H35N7O4S. The van der Waals surface area contributed by atoms with Crippen molar-refractivity contribution in [1.82, 2.24) is 29.7 Å². The van der Waals surface area contributed by atoms with Crippen LogP contribution in [0.15, 0.2) is 18.5 Å². The van der Waals surface area contributed by atoms with Crippen molar-refractivity contribution in [2.24, 2.45) is 0 Å². The number of carbonyl (C=O) groups is 1. The topological polar surface area (TPSA) is 125 Å². The Hall–Kier alpha value is -2.83. The highest BCUT2D eigenvalue weighted by molar-refractivity contribution is 7.09. The van der Waals surface area contributed by atoms with Crippen molar-refractivity contribution in [2.75, 3.05) is 38.2 Å².